The summed E-state index contributed by atoms with van der Waals surface area (Å²) in [6.07, 6.45) is 3.46. The third kappa shape index (κ3) is 4.24. The molecule has 3 heterocycles. The van der Waals surface area contributed by atoms with Gasteiger partial charge < -0.3 is 14.4 Å². The van der Waals surface area contributed by atoms with Crippen molar-refractivity contribution in [2.75, 3.05) is 26.3 Å². The topological polar surface area (TPSA) is 56.6 Å². The number of carbonyl (C=O) groups excluding carboxylic acids is 1. The van der Waals surface area contributed by atoms with E-state index in [0.29, 0.717) is 48.5 Å². The number of halogens is 1. The molecule has 2 fully saturated rings. The third-order valence-electron chi connectivity index (χ3n) is 5.94. The Kier molecular flexibility index (Phi) is 5.76. The normalized spacial score (nSPS) is 17.9. The highest BCUT2D eigenvalue weighted by Gasteiger charge is 2.33. The van der Waals surface area contributed by atoms with Gasteiger partial charge >= 0.3 is 0 Å². The van der Waals surface area contributed by atoms with Crippen LogP contribution >= 0.6 is 11.6 Å². The Labute approximate surface area is 186 Å². The molecule has 0 atom stereocenters. The lowest BCUT2D eigenvalue weighted by Crippen LogP contribution is -2.41. The van der Waals surface area contributed by atoms with Gasteiger partial charge in [-0.2, -0.15) is 5.10 Å². The lowest BCUT2D eigenvalue weighted by Gasteiger charge is -2.33. The van der Waals surface area contributed by atoms with E-state index in [1.165, 1.54) is 0 Å². The maximum Gasteiger partial charge on any atom is 0.257 e. The van der Waals surface area contributed by atoms with Gasteiger partial charge in [0.05, 0.1) is 24.5 Å². The predicted octanol–water partition coefficient (Wildman–Crippen LogP) is 4.42. The van der Waals surface area contributed by atoms with Crippen LogP contribution in [0.2, 0.25) is 5.02 Å². The van der Waals surface area contributed by atoms with Crippen molar-refractivity contribution in [1.82, 2.24) is 14.7 Å². The molecule has 0 radical (unpaired) electrons. The van der Waals surface area contributed by atoms with Gasteiger partial charge in [-0.25, -0.2) is 4.68 Å². The van der Waals surface area contributed by atoms with Gasteiger partial charge in [0, 0.05) is 35.8 Å². The van der Waals surface area contributed by atoms with Gasteiger partial charge in [0.1, 0.15) is 5.69 Å². The third-order valence-corrected chi connectivity index (χ3v) is 6.19. The van der Waals surface area contributed by atoms with E-state index in [9.17, 15) is 4.79 Å². The van der Waals surface area contributed by atoms with E-state index in [0.717, 1.165) is 24.1 Å². The van der Waals surface area contributed by atoms with Gasteiger partial charge in [-0.1, -0.05) is 41.9 Å². The highest BCUT2D eigenvalue weighted by atomic mass is 35.5. The molecule has 2 saturated heterocycles. The molecule has 0 unspecified atom stereocenters. The minimum atomic E-state index is -0.122. The Morgan fingerprint density at radius 3 is 2.32 bits per heavy atom. The number of hydrogen-bond donors (Lipinski definition) is 0. The van der Waals surface area contributed by atoms with Gasteiger partial charge in [-0.15, -0.1) is 0 Å². The van der Waals surface area contributed by atoms with Crippen LogP contribution in [0.1, 0.15) is 23.2 Å². The van der Waals surface area contributed by atoms with Crippen molar-refractivity contribution in [2.24, 2.45) is 5.92 Å². The minimum Gasteiger partial charge on any atom is -0.350 e. The number of hydrogen-bond acceptors (Lipinski definition) is 4. The first-order chi connectivity index (χ1) is 15.2. The molecule has 1 aromatic heterocycles. The summed E-state index contributed by atoms with van der Waals surface area (Å²) in [5.74, 6) is 0.341. The molecule has 5 rings (SSSR count). The summed E-state index contributed by atoms with van der Waals surface area (Å²) in [6.45, 7) is 2.69. The molecule has 0 N–H and O–H groups in total. The van der Waals surface area contributed by atoms with Crippen molar-refractivity contribution in [3.63, 3.8) is 0 Å². The summed E-state index contributed by atoms with van der Waals surface area (Å²) < 4.78 is 13.1. The summed E-state index contributed by atoms with van der Waals surface area (Å²) in [6, 6.07) is 17.3. The average molecular weight is 438 g/mol. The summed E-state index contributed by atoms with van der Waals surface area (Å²) in [5, 5.41) is 5.41. The number of para-hydroxylation sites is 1. The van der Waals surface area contributed by atoms with Gasteiger partial charge in [0.2, 0.25) is 0 Å². The van der Waals surface area contributed by atoms with Crippen LogP contribution in [-0.2, 0) is 9.47 Å². The van der Waals surface area contributed by atoms with E-state index in [2.05, 4.69) is 0 Å². The number of benzene rings is 2. The van der Waals surface area contributed by atoms with Gasteiger partial charge in [-0.3, -0.25) is 4.79 Å². The zero-order valence-corrected chi connectivity index (χ0v) is 17.9. The van der Waals surface area contributed by atoms with Gasteiger partial charge in [0.15, 0.2) is 6.29 Å². The van der Waals surface area contributed by atoms with E-state index in [-0.39, 0.29) is 12.2 Å². The molecule has 0 aliphatic carbocycles. The quantitative estimate of drug-likeness (QED) is 0.606. The molecule has 31 heavy (non-hydrogen) atoms. The maximum absolute atomic E-state index is 13.5. The minimum absolute atomic E-state index is 0.00107. The number of nitrogens with zero attached hydrogens (tertiary/aromatic N) is 3. The van der Waals surface area contributed by atoms with Gasteiger partial charge in [-0.05, 0) is 37.1 Å². The van der Waals surface area contributed by atoms with Crippen LogP contribution in [0, 0.1) is 5.92 Å². The van der Waals surface area contributed by atoms with Crippen LogP contribution in [0.5, 0.6) is 0 Å². The fraction of sp³-hybridized carbons (Fsp3) is 0.333. The number of likely N-dealkylation sites (tertiary alicyclic amines) is 1. The first kappa shape index (κ1) is 20.2. The Morgan fingerprint density at radius 1 is 0.968 bits per heavy atom. The standard InChI is InChI=1S/C24H24ClN3O3/c25-19-8-6-17(7-9-19)22-21(16-28(26-22)20-4-2-1-3-5-20)23(29)27-12-10-18(11-13-27)24-30-14-15-31-24/h1-9,16,18,24H,10-15H2. The Balaban J connectivity index is 1.42. The van der Waals surface area contributed by atoms with Crippen LogP contribution in [0.4, 0.5) is 0 Å². The number of ether oxygens (including phenoxy) is 2. The fourth-order valence-electron chi connectivity index (χ4n) is 4.26. The Bertz CT molecular complexity index is 1040. The summed E-state index contributed by atoms with van der Waals surface area (Å²) >= 11 is 6.07. The number of piperidine rings is 1. The largest absolute Gasteiger partial charge is 0.350 e. The molecule has 2 aromatic carbocycles. The van der Waals surface area contributed by atoms with Crippen molar-refractivity contribution in [2.45, 2.75) is 19.1 Å². The van der Waals surface area contributed by atoms with Crippen molar-refractivity contribution in [1.29, 1.82) is 0 Å². The SMILES string of the molecule is O=C(c1cn(-c2ccccc2)nc1-c1ccc(Cl)cc1)N1CCC(C2OCCO2)CC1. The van der Waals surface area contributed by atoms with E-state index < -0.39 is 0 Å². The Hall–Kier alpha value is -2.67. The average Bonchev–Trinajstić information content (AvgIpc) is 3.51. The van der Waals surface area contributed by atoms with Crippen molar-refractivity contribution in [3.8, 4) is 16.9 Å². The second-order valence-electron chi connectivity index (χ2n) is 7.92. The smallest absolute Gasteiger partial charge is 0.257 e. The maximum atomic E-state index is 13.5. The van der Waals surface area contributed by atoms with E-state index in [1.54, 1.807) is 4.68 Å². The molecule has 0 bridgehead atoms. The van der Waals surface area contributed by atoms with Crippen LogP contribution in [0.25, 0.3) is 16.9 Å². The molecule has 0 saturated carbocycles. The lowest BCUT2D eigenvalue weighted by atomic mass is 9.95. The van der Waals surface area contributed by atoms with Crippen LogP contribution in [-0.4, -0.2) is 53.2 Å². The number of carbonyl (C=O) groups is 1. The summed E-state index contributed by atoms with van der Waals surface area (Å²) in [7, 11) is 0. The molecule has 2 aliphatic heterocycles. The monoisotopic (exact) mass is 437 g/mol. The fourth-order valence-corrected chi connectivity index (χ4v) is 4.38. The molecule has 160 valence electrons. The molecular weight excluding hydrogens is 414 g/mol. The van der Waals surface area contributed by atoms with E-state index >= 15 is 0 Å². The van der Waals surface area contributed by atoms with E-state index in [1.807, 2.05) is 65.7 Å². The molecule has 7 heteroatoms. The summed E-state index contributed by atoms with van der Waals surface area (Å²) in [5.41, 5.74) is 3.03. The van der Waals surface area contributed by atoms with Crippen LogP contribution in [0.3, 0.4) is 0 Å². The van der Waals surface area contributed by atoms with E-state index in [4.69, 9.17) is 26.2 Å². The molecule has 6 nitrogen and oxygen atoms in total. The molecule has 1 amide bonds. The zero-order chi connectivity index (χ0) is 21.2. The first-order valence-corrected chi connectivity index (χ1v) is 11.0. The Morgan fingerprint density at radius 2 is 1.65 bits per heavy atom. The predicted molar refractivity (Wildman–Crippen MR) is 118 cm³/mol. The highest BCUT2D eigenvalue weighted by Crippen LogP contribution is 2.30. The molecule has 0 spiro atoms. The van der Waals surface area contributed by atoms with Crippen molar-refractivity contribution in [3.05, 3.63) is 71.4 Å². The molecular formula is C24H24ClN3O3. The number of aromatic nitrogens is 2. The molecule has 3 aromatic rings. The lowest BCUT2D eigenvalue weighted by molar-refractivity contribution is -0.0956. The molecule has 2 aliphatic rings. The summed E-state index contributed by atoms with van der Waals surface area (Å²) in [4.78, 5) is 15.4. The number of rotatable bonds is 4. The van der Waals surface area contributed by atoms with Crippen LogP contribution in [0.15, 0.2) is 60.8 Å². The zero-order valence-electron chi connectivity index (χ0n) is 17.1. The van der Waals surface area contributed by atoms with Gasteiger partial charge in [0.25, 0.3) is 5.91 Å². The highest BCUT2D eigenvalue weighted by molar-refractivity contribution is 6.30. The number of amides is 1. The van der Waals surface area contributed by atoms with Crippen LogP contribution < -0.4 is 0 Å². The van der Waals surface area contributed by atoms with Crippen molar-refractivity contribution < 1.29 is 14.3 Å². The second-order valence-corrected chi connectivity index (χ2v) is 8.35. The second kappa shape index (κ2) is 8.83. The first-order valence-electron chi connectivity index (χ1n) is 10.6. The van der Waals surface area contributed by atoms with Crippen molar-refractivity contribution >= 4 is 17.5 Å².